The Kier molecular flexibility index (Phi) is 6.03. The summed E-state index contributed by atoms with van der Waals surface area (Å²) >= 11 is 1.83. The molecule has 0 N–H and O–H groups in total. The molecule has 5 aromatic carbocycles. The molecule has 0 saturated carbocycles. The molecule has 0 spiro atoms. The number of nitrogens with zero attached hydrogens (tertiary/aromatic N) is 3. The van der Waals surface area contributed by atoms with Gasteiger partial charge < -0.3 is 4.57 Å². The molecule has 2 atom stereocenters. The quantitative estimate of drug-likeness (QED) is 0.203. The Balaban J connectivity index is 1.27. The van der Waals surface area contributed by atoms with Crippen molar-refractivity contribution in [2.45, 2.75) is 12.8 Å². The topological polar surface area (TPSA) is 30.7 Å². The van der Waals surface area contributed by atoms with Crippen LogP contribution in [0.15, 0.2) is 146 Å². The standard InChI is InChI=1S/C41H29N3S/c1-26-11-5-6-14-30(26)36-25-35(42-41(43-36)28-20-22-40-34(23-28)33-16-8-10-18-39(33)45-40)27-19-21-32-31-15-7-9-17-37(31)44(38(32)24-27)29-12-3-2-4-13-29/h2-26,30H,1H3. The zero-order valence-corrected chi connectivity index (χ0v) is 25.6. The lowest BCUT2D eigenvalue weighted by atomic mass is 9.86. The van der Waals surface area contributed by atoms with Crippen molar-refractivity contribution >= 4 is 53.3 Å². The summed E-state index contributed by atoms with van der Waals surface area (Å²) in [6.07, 6.45) is 8.81. The van der Waals surface area contributed by atoms with E-state index >= 15 is 0 Å². The fourth-order valence-electron chi connectivity index (χ4n) is 6.85. The van der Waals surface area contributed by atoms with Crippen LogP contribution in [0.3, 0.4) is 0 Å². The van der Waals surface area contributed by atoms with Crippen LogP contribution in [0.1, 0.15) is 18.5 Å². The first-order valence-electron chi connectivity index (χ1n) is 15.5. The number of thiophene rings is 1. The first kappa shape index (κ1) is 26.1. The lowest BCUT2D eigenvalue weighted by molar-refractivity contribution is 0.619. The Labute approximate surface area is 265 Å². The Morgan fingerprint density at radius 2 is 1.31 bits per heavy atom. The van der Waals surface area contributed by atoms with Crippen LogP contribution in [0.2, 0.25) is 0 Å². The Bertz CT molecular complexity index is 2460. The lowest BCUT2D eigenvalue weighted by Crippen LogP contribution is -2.11. The number of para-hydroxylation sites is 2. The molecule has 3 aromatic heterocycles. The van der Waals surface area contributed by atoms with Crippen molar-refractivity contribution < 1.29 is 0 Å². The van der Waals surface area contributed by atoms with Gasteiger partial charge in [0.25, 0.3) is 0 Å². The Morgan fingerprint density at radius 1 is 0.578 bits per heavy atom. The highest BCUT2D eigenvalue weighted by molar-refractivity contribution is 7.25. The van der Waals surface area contributed by atoms with E-state index in [2.05, 4.69) is 157 Å². The van der Waals surface area contributed by atoms with E-state index in [1.165, 1.54) is 42.0 Å². The van der Waals surface area contributed by atoms with Crippen LogP contribution < -0.4 is 0 Å². The van der Waals surface area contributed by atoms with Crippen molar-refractivity contribution in [1.29, 1.82) is 0 Å². The second-order valence-electron chi connectivity index (χ2n) is 11.9. The predicted molar refractivity (Wildman–Crippen MR) is 190 cm³/mol. The lowest BCUT2D eigenvalue weighted by Gasteiger charge is -2.21. The van der Waals surface area contributed by atoms with E-state index in [1.54, 1.807) is 0 Å². The summed E-state index contributed by atoms with van der Waals surface area (Å²) in [5.74, 6) is 1.29. The SMILES string of the molecule is CC1C=CC=CC1c1cc(-c2ccc3c4ccccc4n(-c4ccccc4)c3c2)nc(-c2ccc3sc4ccccc4c3c2)n1. The first-order chi connectivity index (χ1) is 22.2. The molecule has 1 aliphatic carbocycles. The highest BCUT2D eigenvalue weighted by Gasteiger charge is 2.22. The molecule has 0 fully saturated rings. The zero-order valence-electron chi connectivity index (χ0n) is 24.8. The maximum atomic E-state index is 5.27. The Morgan fingerprint density at radius 3 is 2.20 bits per heavy atom. The fourth-order valence-corrected chi connectivity index (χ4v) is 7.94. The maximum absolute atomic E-state index is 5.27. The molecule has 2 unspecified atom stereocenters. The van der Waals surface area contributed by atoms with Gasteiger partial charge in [0, 0.05) is 53.7 Å². The molecular weight excluding hydrogens is 567 g/mol. The van der Waals surface area contributed by atoms with Gasteiger partial charge in [0.15, 0.2) is 5.82 Å². The highest BCUT2D eigenvalue weighted by atomic mass is 32.1. The largest absolute Gasteiger partial charge is 0.309 e. The smallest absolute Gasteiger partial charge is 0.160 e. The summed E-state index contributed by atoms with van der Waals surface area (Å²) < 4.78 is 4.95. The van der Waals surface area contributed by atoms with E-state index in [9.17, 15) is 0 Å². The summed E-state index contributed by atoms with van der Waals surface area (Å²) in [5, 5.41) is 5.02. The monoisotopic (exact) mass is 595 g/mol. The summed E-state index contributed by atoms with van der Waals surface area (Å²) in [6.45, 7) is 2.26. The van der Waals surface area contributed by atoms with E-state index in [0.717, 1.165) is 34.0 Å². The molecule has 0 saturated heterocycles. The van der Waals surface area contributed by atoms with Crippen molar-refractivity contribution in [3.8, 4) is 28.3 Å². The second-order valence-corrected chi connectivity index (χ2v) is 13.0. The molecule has 8 aromatic rings. The molecular formula is C41H29N3S. The van der Waals surface area contributed by atoms with Gasteiger partial charge in [-0.25, -0.2) is 9.97 Å². The molecule has 1 aliphatic rings. The number of hydrogen-bond donors (Lipinski definition) is 0. The zero-order chi connectivity index (χ0) is 29.9. The summed E-state index contributed by atoms with van der Waals surface area (Å²) in [7, 11) is 0. The Hall–Kier alpha value is -5.32. The normalized spacial score (nSPS) is 16.4. The van der Waals surface area contributed by atoms with Crippen LogP contribution in [-0.4, -0.2) is 14.5 Å². The molecule has 0 aliphatic heterocycles. The summed E-state index contributed by atoms with van der Waals surface area (Å²) in [5.41, 5.74) is 7.61. The molecule has 45 heavy (non-hydrogen) atoms. The molecule has 0 amide bonds. The van der Waals surface area contributed by atoms with Gasteiger partial charge in [-0.1, -0.05) is 98.0 Å². The number of benzene rings is 5. The fraction of sp³-hybridized carbons (Fsp3) is 0.0732. The number of fused-ring (bicyclic) bond motifs is 6. The van der Waals surface area contributed by atoms with Gasteiger partial charge in [0.05, 0.1) is 22.4 Å². The van der Waals surface area contributed by atoms with E-state index in [0.29, 0.717) is 5.92 Å². The average molecular weight is 596 g/mol. The van der Waals surface area contributed by atoms with Crippen molar-refractivity contribution in [1.82, 2.24) is 14.5 Å². The van der Waals surface area contributed by atoms with Crippen LogP contribution in [0, 0.1) is 5.92 Å². The molecule has 0 bridgehead atoms. The number of hydrogen-bond acceptors (Lipinski definition) is 3. The minimum atomic E-state index is 0.181. The minimum absolute atomic E-state index is 0.181. The van der Waals surface area contributed by atoms with Crippen molar-refractivity contribution in [2.75, 3.05) is 0 Å². The minimum Gasteiger partial charge on any atom is -0.309 e. The van der Waals surface area contributed by atoms with Crippen LogP contribution in [0.5, 0.6) is 0 Å². The van der Waals surface area contributed by atoms with Crippen LogP contribution in [0.25, 0.3) is 70.3 Å². The third-order valence-electron chi connectivity index (χ3n) is 9.12. The summed E-state index contributed by atoms with van der Waals surface area (Å²) in [4.78, 5) is 10.5. The van der Waals surface area contributed by atoms with Crippen molar-refractivity contribution in [3.05, 3.63) is 151 Å². The van der Waals surface area contributed by atoms with Crippen molar-refractivity contribution in [2.24, 2.45) is 5.92 Å². The van der Waals surface area contributed by atoms with Gasteiger partial charge in [-0.05, 0) is 60.5 Å². The highest BCUT2D eigenvalue weighted by Crippen LogP contribution is 2.39. The molecule has 3 nitrogen and oxygen atoms in total. The van der Waals surface area contributed by atoms with E-state index in [-0.39, 0.29) is 5.92 Å². The predicted octanol–water partition coefficient (Wildman–Crippen LogP) is 11.1. The van der Waals surface area contributed by atoms with Gasteiger partial charge in [0.1, 0.15) is 0 Å². The molecule has 3 heterocycles. The van der Waals surface area contributed by atoms with Gasteiger partial charge in [0.2, 0.25) is 0 Å². The van der Waals surface area contributed by atoms with E-state index in [1.807, 2.05) is 11.3 Å². The summed E-state index contributed by atoms with van der Waals surface area (Å²) in [6, 6.07) is 43.6. The van der Waals surface area contributed by atoms with Gasteiger partial charge in [-0.3, -0.25) is 0 Å². The maximum Gasteiger partial charge on any atom is 0.160 e. The number of allylic oxidation sites excluding steroid dienone is 4. The number of rotatable bonds is 4. The van der Waals surface area contributed by atoms with Crippen LogP contribution >= 0.6 is 11.3 Å². The molecule has 9 rings (SSSR count). The molecule has 214 valence electrons. The third-order valence-corrected chi connectivity index (χ3v) is 10.3. The van der Waals surface area contributed by atoms with E-state index in [4.69, 9.17) is 9.97 Å². The molecule has 0 radical (unpaired) electrons. The van der Waals surface area contributed by atoms with E-state index < -0.39 is 0 Å². The second kappa shape index (κ2) is 10.4. The van der Waals surface area contributed by atoms with Gasteiger partial charge in [-0.15, -0.1) is 11.3 Å². The number of aromatic nitrogens is 3. The van der Waals surface area contributed by atoms with Gasteiger partial charge >= 0.3 is 0 Å². The van der Waals surface area contributed by atoms with Gasteiger partial charge in [-0.2, -0.15) is 0 Å². The first-order valence-corrected chi connectivity index (χ1v) is 16.3. The third kappa shape index (κ3) is 4.33. The van der Waals surface area contributed by atoms with Crippen LogP contribution in [-0.2, 0) is 0 Å². The van der Waals surface area contributed by atoms with Crippen LogP contribution in [0.4, 0.5) is 0 Å². The van der Waals surface area contributed by atoms with Crippen molar-refractivity contribution in [3.63, 3.8) is 0 Å². The molecule has 4 heteroatoms. The average Bonchev–Trinajstić information content (AvgIpc) is 3.63.